The van der Waals surface area contributed by atoms with Crippen molar-refractivity contribution in [3.63, 3.8) is 0 Å². The van der Waals surface area contributed by atoms with Crippen LogP contribution in [0.5, 0.6) is 0 Å². The molecular weight excluding hydrogens is 536 g/mol. The van der Waals surface area contributed by atoms with Crippen LogP contribution >= 0.6 is 15.9 Å². The van der Waals surface area contributed by atoms with E-state index in [1.54, 1.807) is 0 Å². The van der Waals surface area contributed by atoms with Crippen LogP contribution in [0.25, 0.3) is 11.0 Å². The number of nitrogens with zero attached hydrogens (tertiary/aromatic N) is 4. The molecule has 0 N–H and O–H groups in total. The van der Waals surface area contributed by atoms with Gasteiger partial charge in [-0.3, -0.25) is 9.69 Å². The number of aromatic nitrogens is 2. The number of fused-ring (bicyclic) bond motifs is 1. The van der Waals surface area contributed by atoms with Crippen molar-refractivity contribution < 1.29 is 4.79 Å². The molecule has 1 aliphatic heterocycles. The maximum absolute atomic E-state index is 13.6. The van der Waals surface area contributed by atoms with Crippen LogP contribution in [0.3, 0.4) is 0 Å². The number of unbranched alkanes of at least 4 members (excludes halogenated alkanes) is 1. The topological polar surface area (TPSA) is 41.4 Å². The van der Waals surface area contributed by atoms with Crippen LogP contribution in [0.15, 0.2) is 77.3 Å². The number of carbonyl (C=O) groups excluding carboxylic acids is 1. The molecule has 38 heavy (non-hydrogen) atoms. The van der Waals surface area contributed by atoms with Gasteiger partial charge in [0.25, 0.3) is 5.91 Å². The Morgan fingerprint density at radius 3 is 2.32 bits per heavy atom. The van der Waals surface area contributed by atoms with E-state index in [-0.39, 0.29) is 5.91 Å². The molecule has 5 nitrogen and oxygen atoms in total. The van der Waals surface area contributed by atoms with Gasteiger partial charge in [-0.2, -0.15) is 0 Å². The highest BCUT2D eigenvalue weighted by molar-refractivity contribution is 9.10. The summed E-state index contributed by atoms with van der Waals surface area (Å²) in [6.07, 6.45) is 5.92. The molecule has 6 heteroatoms. The number of hydrogen-bond acceptors (Lipinski definition) is 3. The molecule has 0 atom stereocenters. The zero-order valence-corrected chi connectivity index (χ0v) is 23.9. The molecule has 0 aliphatic carbocycles. The first-order valence-corrected chi connectivity index (χ1v) is 14.7. The minimum atomic E-state index is 0.0510. The van der Waals surface area contributed by atoms with Crippen molar-refractivity contribution in [3.05, 3.63) is 99.8 Å². The number of carbonyl (C=O) groups is 1. The molecule has 4 aromatic rings. The van der Waals surface area contributed by atoms with Crippen molar-refractivity contribution in [3.8, 4) is 0 Å². The Morgan fingerprint density at radius 1 is 0.895 bits per heavy atom. The minimum absolute atomic E-state index is 0.0510. The summed E-state index contributed by atoms with van der Waals surface area (Å²) in [5.41, 5.74) is 5.50. The molecule has 1 amide bonds. The summed E-state index contributed by atoms with van der Waals surface area (Å²) in [5.74, 6) is 0.982. The van der Waals surface area contributed by atoms with Gasteiger partial charge in [0.2, 0.25) is 0 Å². The first-order valence-electron chi connectivity index (χ1n) is 13.9. The SMILES string of the molecule is CCCCN(Cc1nc2ccccc2n1Cc1ccccc1CN1CCCCC1)C(=O)c1ccc(Br)cc1. The summed E-state index contributed by atoms with van der Waals surface area (Å²) in [7, 11) is 0. The number of rotatable bonds is 10. The van der Waals surface area contributed by atoms with Gasteiger partial charge in [0.1, 0.15) is 5.82 Å². The van der Waals surface area contributed by atoms with Crippen molar-refractivity contribution in [2.45, 2.75) is 58.7 Å². The lowest BCUT2D eigenvalue weighted by Crippen LogP contribution is -2.33. The van der Waals surface area contributed by atoms with Crippen molar-refractivity contribution in [1.82, 2.24) is 19.4 Å². The second kappa shape index (κ2) is 12.7. The van der Waals surface area contributed by atoms with E-state index in [9.17, 15) is 4.79 Å². The van der Waals surface area contributed by atoms with Crippen LogP contribution in [-0.4, -0.2) is 44.9 Å². The lowest BCUT2D eigenvalue weighted by atomic mass is 10.0. The number of piperidine rings is 1. The van der Waals surface area contributed by atoms with Gasteiger partial charge < -0.3 is 9.47 Å². The van der Waals surface area contributed by atoms with E-state index in [1.165, 1.54) is 43.5 Å². The van der Waals surface area contributed by atoms with E-state index in [4.69, 9.17) is 4.98 Å². The van der Waals surface area contributed by atoms with Gasteiger partial charge in [-0.25, -0.2) is 4.98 Å². The molecule has 1 fully saturated rings. The first kappa shape index (κ1) is 26.6. The molecule has 5 rings (SSSR count). The van der Waals surface area contributed by atoms with Gasteiger partial charge in [-0.05, 0) is 79.9 Å². The molecule has 0 unspecified atom stereocenters. The maximum atomic E-state index is 13.6. The smallest absolute Gasteiger partial charge is 0.254 e. The fraction of sp³-hybridized carbons (Fsp3) is 0.375. The molecule has 198 valence electrons. The number of likely N-dealkylation sites (tertiary alicyclic amines) is 1. The molecule has 0 bridgehead atoms. The van der Waals surface area contributed by atoms with Crippen LogP contribution in [0.2, 0.25) is 0 Å². The minimum Gasteiger partial charge on any atom is -0.331 e. The molecule has 1 saturated heterocycles. The van der Waals surface area contributed by atoms with Gasteiger partial charge in [0.05, 0.1) is 17.6 Å². The number of hydrogen-bond donors (Lipinski definition) is 0. The van der Waals surface area contributed by atoms with E-state index in [2.05, 4.69) is 74.8 Å². The zero-order valence-electron chi connectivity index (χ0n) is 22.3. The van der Waals surface area contributed by atoms with Crippen LogP contribution in [-0.2, 0) is 19.6 Å². The van der Waals surface area contributed by atoms with E-state index >= 15 is 0 Å². The monoisotopic (exact) mass is 572 g/mol. The fourth-order valence-corrected chi connectivity index (χ4v) is 5.63. The average Bonchev–Trinajstić information content (AvgIpc) is 3.29. The Morgan fingerprint density at radius 2 is 1.58 bits per heavy atom. The molecule has 2 heterocycles. The second-order valence-electron chi connectivity index (χ2n) is 10.3. The Labute approximate surface area is 234 Å². The fourth-order valence-electron chi connectivity index (χ4n) is 5.36. The second-order valence-corrected chi connectivity index (χ2v) is 11.2. The van der Waals surface area contributed by atoms with Gasteiger partial charge in [-0.1, -0.05) is 72.1 Å². The first-order chi connectivity index (χ1) is 18.6. The normalized spacial score (nSPS) is 14.2. The predicted molar refractivity (Wildman–Crippen MR) is 158 cm³/mol. The third-order valence-electron chi connectivity index (χ3n) is 7.52. The average molecular weight is 574 g/mol. The molecule has 1 aliphatic rings. The highest BCUT2D eigenvalue weighted by atomic mass is 79.9. The zero-order chi connectivity index (χ0) is 26.3. The molecule has 0 radical (unpaired) electrons. The standard InChI is InChI=1S/C32H37BrN4O/c1-2-3-21-36(32(38)25-15-17-28(33)18-16-25)24-31-34-29-13-7-8-14-30(29)37(31)23-27-12-6-5-11-26(27)22-35-19-9-4-10-20-35/h5-8,11-18H,2-4,9-10,19-24H2,1H3. The van der Waals surface area contributed by atoms with Gasteiger partial charge in [-0.15, -0.1) is 0 Å². The van der Waals surface area contributed by atoms with E-state index in [0.29, 0.717) is 18.7 Å². The summed E-state index contributed by atoms with van der Waals surface area (Å²) in [5, 5.41) is 0. The van der Waals surface area contributed by atoms with Gasteiger partial charge in [0.15, 0.2) is 0 Å². The summed E-state index contributed by atoms with van der Waals surface area (Å²) >= 11 is 3.48. The maximum Gasteiger partial charge on any atom is 0.254 e. The third kappa shape index (κ3) is 6.36. The lowest BCUT2D eigenvalue weighted by molar-refractivity contribution is 0.0735. The van der Waals surface area contributed by atoms with Crippen LogP contribution in [0, 0.1) is 0 Å². The van der Waals surface area contributed by atoms with Crippen molar-refractivity contribution >= 4 is 32.9 Å². The summed E-state index contributed by atoms with van der Waals surface area (Å²) in [4.78, 5) is 23.2. The molecule has 1 aromatic heterocycles. The number of para-hydroxylation sites is 2. The molecule has 3 aromatic carbocycles. The summed E-state index contributed by atoms with van der Waals surface area (Å²) in [6, 6.07) is 24.8. The van der Waals surface area contributed by atoms with Crippen molar-refractivity contribution in [2.75, 3.05) is 19.6 Å². The molecule has 0 saturated carbocycles. The van der Waals surface area contributed by atoms with Crippen LogP contribution in [0.4, 0.5) is 0 Å². The Hall–Kier alpha value is -2.96. The third-order valence-corrected chi connectivity index (χ3v) is 8.04. The molecule has 0 spiro atoms. The van der Waals surface area contributed by atoms with Crippen LogP contribution < -0.4 is 0 Å². The molecular formula is C32H37BrN4O. The van der Waals surface area contributed by atoms with E-state index in [1.807, 2.05) is 35.2 Å². The Balaban J connectivity index is 1.46. The van der Waals surface area contributed by atoms with E-state index < -0.39 is 0 Å². The van der Waals surface area contributed by atoms with Gasteiger partial charge in [0, 0.05) is 29.7 Å². The number of halogens is 1. The van der Waals surface area contributed by atoms with E-state index in [0.717, 1.165) is 47.3 Å². The largest absolute Gasteiger partial charge is 0.331 e. The number of amides is 1. The Kier molecular flexibility index (Phi) is 8.92. The predicted octanol–water partition coefficient (Wildman–Crippen LogP) is 7.28. The highest BCUT2D eigenvalue weighted by Gasteiger charge is 2.21. The van der Waals surface area contributed by atoms with Crippen molar-refractivity contribution in [2.24, 2.45) is 0 Å². The quantitative estimate of drug-likeness (QED) is 0.200. The Bertz CT molecular complexity index is 1360. The van der Waals surface area contributed by atoms with Crippen LogP contribution in [0.1, 0.15) is 66.3 Å². The summed E-state index contributed by atoms with van der Waals surface area (Å²) < 4.78 is 3.29. The van der Waals surface area contributed by atoms with Gasteiger partial charge >= 0.3 is 0 Å². The van der Waals surface area contributed by atoms with Crippen molar-refractivity contribution in [1.29, 1.82) is 0 Å². The lowest BCUT2D eigenvalue weighted by Gasteiger charge is -2.27. The highest BCUT2D eigenvalue weighted by Crippen LogP contribution is 2.23. The number of benzene rings is 3. The summed E-state index contributed by atoms with van der Waals surface area (Å²) in [6.45, 7) is 7.45. The number of imidazole rings is 1.